The number of aryl methyl sites for hydroxylation is 1. The molecule has 0 bridgehead atoms. The van der Waals surface area contributed by atoms with Crippen LogP contribution < -0.4 is 15.6 Å². The number of aromatic nitrogens is 2. The summed E-state index contributed by atoms with van der Waals surface area (Å²) in [5.41, 5.74) is 3.87. The van der Waals surface area contributed by atoms with E-state index in [9.17, 15) is 18.4 Å². The molecule has 0 saturated carbocycles. The van der Waals surface area contributed by atoms with E-state index in [1.165, 1.54) is 19.2 Å². The third-order valence-electron chi connectivity index (χ3n) is 8.31. The van der Waals surface area contributed by atoms with E-state index < -0.39 is 11.6 Å². The van der Waals surface area contributed by atoms with Crippen LogP contribution in [0.1, 0.15) is 58.7 Å². The van der Waals surface area contributed by atoms with Gasteiger partial charge in [0.25, 0.3) is 11.5 Å². The van der Waals surface area contributed by atoms with Crippen molar-refractivity contribution >= 4 is 16.8 Å². The number of fused-ring (bicyclic) bond motifs is 1. The second-order valence-electron chi connectivity index (χ2n) is 11.0. The van der Waals surface area contributed by atoms with Crippen molar-refractivity contribution in [2.24, 2.45) is 5.92 Å². The van der Waals surface area contributed by atoms with E-state index in [0.29, 0.717) is 40.6 Å². The van der Waals surface area contributed by atoms with Crippen molar-refractivity contribution in [1.82, 2.24) is 19.8 Å². The van der Waals surface area contributed by atoms with Gasteiger partial charge >= 0.3 is 0 Å². The number of pyridine rings is 1. The molecule has 9 heteroatoms. The zero-order valence-corrected chi connectivity index (χ0v) is 23.9. The topological polar surface area (TPSA) is 79.4 Å². The number of methoxy groups -OCH3 is 1. The van der Waals surface area contributed by atoms with Crippen LogP contribution in [0.3, 0.4) is 0 Å². The smallest absolute Gasteiger partial charge is 0.256 e. The zero-order valence-electron chi connectivity index (χ0n) is 23.9. The lowest BCUT2D eigenvalue weighted by Gasteiger charge is -2.36. The number of piperidine rings is 1. The minimum absolute atomic E-state index is 0.0415. The standard InChI is InChI=1S/C32H36F2N4O3/c1-19-13-29(41-4)27(31(39)36-19)17-35-32(40)30-21(3)38(28-8-6-5-7-26(28)30)20(2)23-9-11-37(12-10-23)18-22-14-24(33)16-25(34)15-22/h5-8,13-16,20,23H,9-12,17-18H2,1-4H3,(H,35,40)(H,36,39). The summed E-state index contributed by atoms with van der Waals surface area (Å²) >= 11 is 0. The quantitative estimate of drug-likeness (QED) is 0.292. The highest BCUT2D eigenvalue weighted by atomic mass is 19.1. The highest BCUT2D eigenvalue weighted by molar-refractivity contribution is 6.08. The normalized spacial score (nSPS) is 15.3. The van der Waals surface area contributed by atoms with Crippen LogP contribution in [0.4, 0.5) is 8.78 Å². The Morgan fingerprint density at radius 2 is 1.78 bits per heavy atom. The van der Waals surface area contributed by atoms with E-state index in [2.05, 4.69) is 26.7 Å². The number of benzene rings is 2. The number of ether oxygens (including phenoxy) is 1. The van der Waals surface area contributed by atoms with Gasteiger partial charge in [0.05, 0.1) is 24.8 Å². The summed E-state index contributed by atoms with van der Waals surface area (Å²) < 4.78 is 34.9. The Morgan fingerprint density at radius 3 is 2.46 bits per heavy atom. The number of para-hydroxylation sites is 1. The Bertz CT molecular complexity index is 1620. The predicted octanol–water partition coefficient (Wildman–Crippen LogP) is 5.64. The van der Waals surface area contributed by atoms with Gasteiger partial charge in [0.1, 0.15) is 17.4 Å². The van der Waals surface area contributed by atoms with Gasteiger partial charge in [-0.15, -0.1) is 0 Å². The van der Waals surface area contributed by atoms with Gasteiger partial charge < -0.3 is 19.6 Å². The first-order valence-electron chi connectivity index (χ1n) is 14.0. The number of carbonyl (C=O) groups excluding carboxylic acids is 1. The molecular weight excluding hydrogens is 526 g/mol. The van der Waals surface area contributed by atoms with E-state index in [-0.39, 0.29) is 24.1 Å². The molecule has 2 aromatic carbocycles. The maximum Gasteiger partial charge on any atom is 0.256 e. The highest BCUT2D eigenvalue weighted by Gasteiger charge is 2.29. The molecule has 7 nitrogen and oxygen atoms in total. The summed E-state index contributed by atoms with van der Waals surface area (Å²) in [4.78, 5) is 31.1. The number of carbonyl (C=O) groups is 1. The van der Waals surface area contributed by atoms with Gasteiger partial charge in [0.15, 0.2) is 0 Å². The fraction of sp³-hybridized carbons (Fsp3) is 0.375. The summed E-state index contributed by atoms with van der Waals surface area (Å²) in [6, 6.07) is 13.5. The SMILES string of the molecule is COc1cc(C)[nH]c(=O)c1CNC(=O)c1c(C)n(C(C)C2CCN(Cc3cc(F)cc(F)c3)CC2)c2ccccc12. The molecule has 1 saturated heterocycles. The fourth-order valence-corrected chi connectivity index (χ4v) is 6.26. The van der Waals surface area contributed by atoms with Gasteiger partial charge in [-0.05, 0) is 82.4 Å². The molecule has 1 atom stereocenters. The Balaban J connectivity index is 1.33. The summed E-state index contributed by atoms with van der Waals surface area (Å²) in [7, 11) is 1.50. The molecule has 0 spiro atoms. The van der Waals surface area contributed by atoms with Crippen LogP contribution >= 0.6 is 0 Å². The van der Waals surface area contributed by atoms with Crippen molar-refractivity contribution in [2.75, 3.05) is 20.2 Å². The minimum atomic E-state index is -0.553. The van der Waals surface area contributed by atoms with E-state index in [1.54, 1.807) is 13.0 Å². The third kappa shape index (κ3) is 5.91. The summed E-state index contributed by atoms with van der Waals surface area (Å²) in [6.07, 6.45) is 1.87. The van der Waals surface area contributed by atoms with Crippen molar-refractivity contribution < 1.29 is 18.3 Å². The number of amides is 1. The van der Waals surface area contributed by atoms with Gasteiger partial charge in [0.2, 0.25) is 0 Å². The Morgan fingerprint density at radius 1 is 1.10 bits per heavy atom. The Labute approximate surface area is 238 Å². The molecule has 1 amide bonds. The molecule has 0 radical (unpaired) electrons. The average molecular weight is 563 g/mol. The highest BCUT2D eigenvalue weighted by Crippen LogP contribution is 2.36. The summed E-state index contributed by atoms with van der Waals surface area (Å²) in [5.74, 6) is -0.542. The molecule has 5 rings (SSSR count). The number of hydrogen-bond donors (Lipinski definition) is 2. The summed E-state index contributed by atoms with van der Waals surface area (Å²) in [5, 5.41) is 3.81. The van der Waals surface area contributed by atoms with E-state index in [0.717, 1.165) is 48.6 Å². The number of nitrogens with zero attached hydrogens (tertiary/aromatic N) is 2. The van der Waals surface area contributed by atoms with Crippen LogP contribution in [0, 0.1) is 31.4 Å². The van der Waals surface area contributed by atoms with Crippen molar-refractivity contribution in [3.8, 4) is 5.75 Å². The maximum atomic E-state index is 13.7. The van der Waals surface area contributed by atoms with Crippen molar-refractivity contribution in [2.45, 2.75) is 52.7 Å². The molecular formula is C32H36F2N4O3. The van der Waals surface area contributed by atoms with Crippen LogP contribution in [0.5, 0.6) is 5.75 Å². The van der Waals surface area contributed by atoms with Crippen LogP contribution in [0.2, 0.25) is 0 Å². The predicted molar refractivity (Wildman–Crippen MR) is 155 cm³/mol. The van der Waals surface area contributed by atoms with Crippen molar-refractivity contribution in [3.63, 3.8) is 0 Å². The van der Waals surface area contributed by atoms with E-state index in [4.69, 9.17) is 4.74 Å². The number of likely N-dealkylation sites (tertiary alicyclic amines) is 1. The number of nitrogens with one attached hydrogen (secondary N) is 2. The van der Waals surface area contributed by atoms with Crippen LogP contribution in [0.15, 0.2) is 53.3 Å². The Kier molecular flexibility index (Phi) is 8.26. The second-order valence-corrected chi connectivity index (χ2v) is 11.0. The molecule has 4 aromatic rings. The molecule has 2 N–H and O–H groups in total. The molecule has 0 aliphatic carbocycles. The number of hydrogen-bond acceptors (Lipinski definition) is 4. The first-order chi connectivity index (χ1) is 19.7. The lowest BCUT2D eigenvalue weighted by atomic mass is 9.89. The number of H-pyrrole nitrogens is 1. The molecule has 1 unspecified atom stereocenters. The molecule has 216 valence electrons. The lowest BCUT2D eigenvalue weighted by Crippen LogP contribution is -2.36. The molecule has 3 heterocycles. The third-order valence-corrected chi connectivity index (χ3v) is 8.31. The number of aromatic amines is 1. The minimum Gasteiger partial charge on any atom is -0.496 e. The first kappa shape index (κ1) is 28.5. The summed E-state index contributed by atoms with van der Waals surface area (Å²) in [6.45, 7) is 8.15. The van der Waals surface area contributed by atoms with E-state index >= 15 is 0 Å². The molecule has 1 aliphatic rings. The van der Waals surface area contributed by atoms with Gasteiger partial charge in [-0.3, -0.25) is 14.5 Å². The van der Waals surface area contributed by atoms with Gasteiger partial charge in [0, 0.05) is 40.9 Å². The molecule has 1 fully saturated rings. The number of halogens is 2. The molecule has 1 aliphatic heterocycles. The zero-order chi connectivity index (χ0) is 29.3. The average Bonchev–Trinajstić information content (AvgIpc) is 3.23. The monoisotopic (exact) mass is 562 g/mol. The van der Waals surface area contributed by atoms with E-state index in [1.807, 2.05) is 31.2 Å². The first-order valence-corrected chi connectivity index (χ1v) is 14.0. The molecule has 41 heavy (non-hydrogen) atoms. The Hall–Kier alpha value is -3.98. The number of rotatable bonds is 8. The van der Waals surface area contributed by atoms with Crippen molar-refractivity contribution in [1.29, 1.82) is 0 Å². The van der Waals surface area contributed by atoms with Crippen LogP contribution in [-0.4, -0.2) is 40.6 Å². The largest absolute Gasteiger partial charge is 0.496 e. The van der Waals surface area contributed by atoms with Gasteiger partial charge in [-0.2, -0.15) is 0 Å². The molecule has 2 aromatic heterocycles. The van der Waals surface area contributed by atoms with Crippen LogP contribution in [-0.2, 0) is 13.1 Å². The van der Waals surface area contributed by atoms with Gasteiger partial charge in [-0.25, -0.2) is 8.78 Å². The maximum absolute atomic E-state index is 13.7. The van der Waals surface area contributed by atoms with Crippen molar-refractivity contribution in [3.05, 3.63) is 98.6 Å². The second kappa shape index (κ2) is 11.9. The fourth-order valence-electron chi connectivity index (χ4n) is 6.26. The van der Waals surface area contributed by atoms with Crippen LogP contribution in [0.25, 0.3) is 10.9 Å². The van der Waals surface area contributed by atoms with Gasteiger partial charge in [-0.1, -0.05) is 18.2 Å². The lowest BCUT2D eigenvalue weighted by molar-refractivity contribution is 0.0951.